The number of nitrogens with zero attached hydrogens (tertiary/aromatic N) is 2. The number of non-ortho nitro benzene ring substituents is 1. The third-order valence-corrected chi connectivity index (χ3v) is 3.58. The molecule has 0 aliphatic rings. The number of hydrazone groups is 1. The van der Waals surface area contributed by atoms with Gasteiger partial charge in [0.1, 0.15) is 0 Å². The van der Waals surface area contributed by atoms with Crippen LogP contribution < -0.4 is 14.9 Å². The fraction of sp³-hybridized carbons (Fsp3) is 0.222. The number of nitro benzene ring substituents is 1. The summed E-state index contributed by atoms with van der Waals surface area (Å²) in [5.74, 6) is 0.726. The Morgan fingerprint density at radius 1 is 1.15 bits per heavy atom. The lowest BCUT2D eigenvalue weighted by Crippen LogP contribution is -2.19. The molecule has 2 aromatic carbocycles. The van der Waals surface area contributed by atoms with E-state index in [2.05, 4.69) is 10.5 Å². The topological polar surface area (TPSA) is 103 Å². The number of nitro groups is 1. The fourth-order valence-corrected chi connectivity index (χ4v) is 2.30. The summed E-state index contributed by atoms with van der Waals surface area (Å²) in [7, 11) is 3.12. The highest BCUT2D eigenvalue weighted by molar-refractivity contribution is 5.96. The van der Waals surface area contributed by atoms with Crippen molar-refractivity contribution in [3.63, 3.8) is 0 Å². The molecule has 0 saturated carbocycles. The second-order valence-electron chi connectivity index (χ2n) is 5.46. The van der Waals surface area contributed by atoms with Crippen molar-refractivity contribution in [1.82, 2.24) is 5.43 Å². The number of nitrogens with one attached hydrogen (secondary N) is 1. The maximum Gasteiger partial charge on any atom is 0.271 e. The standard InChI is InChI=1S/C18H19N3O5/c1-12(9-13-7-8-16(25-2)17(10-13)26-3)19-20-18(22)14-5-4-6-15(11-14)21(23)24/h4-8,10-11H,9H2,1-3H3,(H,20,22)/b19-12-. The predicted octanol–water partition coefficient (Wildman–Crippen LogP) is 2.96. The van der Waals surface area contributed by atoms with Gasteiger partial charge in [0.2, 0.25) is 0 Å². The van der Waals surface area contributed by atoms with Crippen LogP contribution in [0.15, 0.2) is 47.6 Å². The molecule has 136 valence electrons. The molecule has 0 bridgehead atoms. The molecular formula is C18H19N3O5. The van der Waals surface area contributed by atoms with Crippen LogP contribution in [0.5, 0.6) is 11.5 Å². The van der Waals surface area contributed by atoms with Gasteiger partial charge in [-0.2, -0.15) is 5.10 Å². The summed E-state index contributed by atoms with van der Waals surface area (Å²) in [6, 6.07) is 11.0. The maximum absolute atomic E-state index is 12.1. The van der Waals surface area contributed by atoms with Crippen molar-refractivity contribution >= 4 is 17.3 Å². The molecule has 2 aromatic rings. The lowest BCUT2D eigenvalue weighted by Gasteiger charge is -2.09. The van der Waals surface area contributed by atoms with Crippen molar-refractivity contribution in [1.29, 1.82) is 0 Å². The quantitative estimate of drug-likeness (QED) is 0.466. The molecule has 0 radical (unpaired) electrons. The van der Waals surface area contributed by atoms with Gasteiger partial charge >= 0.3 is 0 Å². The number of amides is 1. The molecule has 0 saturated heterocycles. The number of hydrogen-bond acceptors (Lipinski definition) is 6. The molecule has 0 aliphatic heterocycles. The summed E-state index contributed by atoms with van der Waals surface area (Å²) in [4.78, 5) is 22.3. The Hall–Kier alpha value is -3.42. The van der Waals surface area contributed by atoms with Gasteiger partial charge in [0.15, 0.2) is 11.5 Å². The number of rotatable bonds is 7. The SMILES string of the molecule is COc1ccc(C/C(C)=N\NC(=O)c2cccc([N+](=O)[O-])c2)cc1OC. The predicted molar refractivity (Wildman–Crippen MR) is 96.9 cm³/mol. The zero-order valence-corrected chi connectivity index (χ0v) is 14.7. The van der Waals surface area contributed by atoms with Gasteiger partial charge in [0, 0.05) is 29.8 Å². The van der Waals surface area contributed by atoms with Gasteiger partial charge < -0.3 is 9.47 Å². The van der Waals surface area contributed by atoms with Crippen molar-refractivity contribution < 1.29 is 19.2 Å². The Morgan fingerprint density at radius 3 is 2.54 bits per heavy atom. The summed E-state index contributed by atoms with van der Waals surface area (Å²) in [5.41, 5.74) is 4.03. The second-order valence-corrected chi connectivity index (χ2v) is 5.46. The summed E-state index contributed by atoms with van der Waals surface area (Å²) in [6.07, 6.45) is 0.496. The van der Waals surface area contributed by atoms with Crippen molar-refractivity contribution in [2.45, 2.75) is 13.3 Å². The highest BCUT2D eigenvalue weighted by atomic mass is 16.6. The monoisotopic (exact) mass is 357 g/mol. The third-order valence-electron chi connectivity index (χ3n) is 3.58. The van der Waals surface area contributed by atoms with Gasteiger partial charge in [-0.05, 0) is 30.7 Å². The minimum atomic E-state index is -0.553. The molecule has 26 heavy (non-hydrogen) atoms. The zero-order valence-electron chi connectivity index (χ0n) is 14.7. The van der Waals surface area contributed by atoms with E-state index < -0.39 is 10.8 Å². The van der Waals surface area contributed by atoms with E-state index in [1.807, 2.05) is 12.1 Å². The molecule has 0 fully saturated rings. The van der Waals surface area contributed by atoms with E-state index in [-0.39, 0.29) is 11.3 Å². The molecule has 1 amide bonds. The van der Waals surface area contributed by atoms with Crippen LogP contribution in [0.3, 0.4) is 0 Å². The van der Waals surface area contributed by atoms with E-state index in [9.17, 15) is 14.9 Å². The molecule has 0 heterocycles. The molecule has 8 nitrogen and oxygen atoms in total. The van der Waals surface area contributed by atoms with Crippen LogP contribution in [0.25, 0.3) is 0 Å². The van der Waals surface area contributed by atoms with Crippen molar-refractivity contribution in [2.75, 3.05) is 14.2 Å². The van der Waals surface area contributed by atoms with Crippen molar-refractivity contribution in [3.05, 3.63) is 63.7 Å². The van der Waals surface area contributed by atoms with E-state index in [4.69, 9.17) is 9.47 Å². The largest absolute Gasteiger partial charge is 0.493 e. The van der Waals surface area contributed by atoms with Gasteiger partial charge in [-0.3, -0.25) is 14.9 Å². The molecule has 2 rings (SSSR count). The Morgan fingerprint density at radius 2 is 1.88 bits per heavy atom. The lowest BCUT2D eigenvalue weighted by atomic mass is 10.1. The first-order valence-corrected chi connectivity index (χ1v) is 7.73. The van der Waals surface area contributed by atoms with E-state index in [1.54, 1.807) is 27.2 Å². The third kappa shape index (κ3) is 4.79. The highest BCUT2D eigenvalue weighted by Gasteiger charge is 2.11. The van der Waals surface area contributed by atoms with Crippen LogP contribution in [0.1, 0.15) is 22.8 Å². The Balaban J connectivity index is 2.05. The Bertz CT molecular complexity index is 848. The molecule has 0 aromatic heterocycles. The molecule has 0 unspecified atom stereocenters. The fourth-order valence-electron chi connectivity index (χ4n) is 2.30. The average Bonchev–Trinajstić information content (AvgIpc) is 2.66. The first kappa shape index (κ1) is 18.9. The van der Waals surface area contributed by atoms with Crippen LogP contribution >= 0.6 is 0 Å². The summed E-state index contributed by atoms with van der Waals surface area (Å²) in [6.45, 7) is 1.77. The van der Waals surface area contributed by atoms with Crippen molar-refractivity contribution in [3.8, 4) is 11.5 Å². The smallest absolute Gasteiger partial charge is 0.271 e. The number of carbonyl (C=O) groups is 1. The molecular weight excluding hydrogens is 338 g/mol. The lowest BCUT2D eigenvalue weighted by molar-refractivity contribution is -0.384. The Labute approximate surface area is 150 Å². The number of hydrogen-bond donors (Lipinski definition) is 1. The number of benzene rings is 2. The minimum Gasteiger partial charge on any atom is -0.493 e. The van der Waals surface area contributed by atoms with Crippen LogP contribution in [0, 0.1) is 10.1 Å². The normalized spacial score (nSPS) is 11.0. The first-order chi connectivity index (χ1) is 12.4. The van der Waals surface area contributed by atoms with Gasteiger partial charge in [0.25, 0.3) is 11.6 Å². The van der Waals surface area contributed by atoms with Gasteiger partial charge in [-0.15, -0.1) is 0 Å². The number of carbonyl (C=O) groups excluding carboxylic acids is 1. The first-order valence-electron chi connectivity index (χ1n) is 7.73. The molecule has 8 heteroatoms. The van der Waals surface area contributed by atoms with E-state index >= 15 is 0 Å². The molecule has 0 atom stereocenters. The van der Waals surface area contributed by atoms with Crippen molar-refractivity contribution in [2.24, 2.45) is 5.10 Å². The average molecular weight is 357 g/mol. The Kier molecular flexibility index (Phi) is 6.26. The summed E-state index contributed by atoms with van der Waals surface area (Å²) >= 11 is 0. The van der Waals surface area contributed by atoms with Gasteiger partial charge in [0.05, 0.1) is 19.1 Å². The van der Waals surface area contributed by atoms with Gasteiger partial charge in [-0.25, -0.2) is 5.43 Å². The second kappa shape index (κ2) is 8.61. The van der Waals surface area contributed by atoms with Gasteiger partial charge in [-0.1, -0.05) is 12.1 Å². The molecule has 1 N–H and O–H groups in total. The van der Waals surface area contributed by atoms with Crippen LogP contribution in [-0.4, -0.2) is 30.8 Å². The summed E-state index contributed by atoms with van der Waals surface area (Å²) in [5, 5.41) is 14.8. The van der Waals surface area contributed by atoms with Crippen LogP contribution in [0.4, 0.5) is 5.69 Å². The van der Waals surface area contributed by atoms with E-state index in [1.165, 1.54) is 24.3 Å². The van der Waals surface area contributed by atoms with Crippen LogP contribution in [-0.2, 0) is 6.42 Å². The minimum absolute atomic E-state index is 0.149. The molecule has 0 aliphatic carbocycles. The van der Waals surface area contributed by atoms with Crippen LogP contribution in [0.2, 0.25) is 0 Å². The zero-order chi connectivity index (χ0) is 19.1. The maximum atomic E-state index is 12.1. The molecule has 0 spiro atoms. The van der Waals surface area contributed by atoms with E-state index in [0.717, 1.165) is 5.56 Å². The van der Waals surface area contributed by atoms with E-state index in [0.29, 0.717) is 23.6 Å². The number of methoxy groups -OCH3 is 2. The highest BCUT2D eigenvalue weighted by Crippen LogP contribution is 2.27. The summed E-state index contributed by atoms with van der Waals surface area (Å²) < 4.78 is 10.4. The number of ether oxygens (including phenoxy) is 2.